The van der Waals surface area contributed by atoms with Gasteiger partial charge >= 0.3 is 0 Å². The summed E-state index contributed by atoms with van der Waals surface area (Å²) in [6.45, 7) is 0. The monoisotopic (exact) mass is 206 g/mol. The number of piperidine rings is 1. The highest BCUT2D eigenvalue weighted by atomic mass is 16.2. The summed E-state index contributed by atoms with van der Waals surface area (Å²) in [4.78, 5) is 30.3. The normalized spacial score (nSPS) is 21.2. The average molecular weight is 206 g/mol. The highest BCUT2D eigenvalue weighted by Gasteiger charge is 2.29. The second-order valence-corrected chi connectivity index (χ2v) is 3.38. The number of hydrogen-bond acceptors (Lipinski definition) is 5. The Morgan fingerprint density at radius 1 is 1.33 bits per heavy atom. The first-order valence-corrected chi connectivity index (χ1v) is 4.58. The number of carbonyl (C=O) groups is 2. The molecule has 0 bridgehead atoms. The van der Waals surface area contributed by atoms with Gasteiger partial charge in [0.05, 0.1) is 24.0 Å². The van der Waals surface area contributed by atoms with Crippen LogP contribution in [0, 0.1) is 0 Å². The quantitative estimate of drug-likeness (QED) is 0.608. The first-order chi connectivity index (χ1) is 7.16. The summed E-state index contributed by atoms with van der Waals surface area (Å²) in [5.41, 5.74) is 5.88. The minimum Gasteiger partial charge on any atom is -0.396 e. The van der Waals surface area contributed by atoms with Gasteiger partial charge in [0.15, 0.2) is 0 Å². The van der Waals surface area contributed by atoms with Crippen molar-refractivity contribution in [3.05, 3.63) is 18.2 Å². The van der Waals surface area contributed by atoms with Crippen LogP contribution in [-0.2, 0) is 9.59 Å². The Morgan fingerprint density at radius 3 is 2.60 bits per heavy atom. The van der Waals surface area contributed by atoms with Crippen LogP contribution >= 0.6 is 0 Å². The molecule has 1 aromatic heterocycles. The van der Waals surface area contributed by atoms with E-state index in [9.17, 15) is 9.59 Å². The molecule has 2 amide bonds. The summed E-state index contributed by atoms with van der Waals surface area (Å²) in [5, 5.41) is 2.25. The Labute approximate surface area is 85.9 Å². The summed E-state index contributed by atoms with van der Waals surface area (Å²) < 4.78 is 0. The number of hydrogen-bond donors (Lipinski definition) is 2. The van der Waals surface area contributed by atoms with Crippen molar-refractivity contribution < 1.29 is 9.59 Å². The minimum atomic E-state index is -0.441. The average Bonchev–Trinajstić information content (AvgIpc) is 2.20. The van der Waals surface area contributed by atoms with Crippen LogP contribution in [-0.4, -0.2) is 21.8 Å². The fourth-order valence-electron chi connectivity index (χ4n) is 1.47. The molecule has 6 nitrogen and oxygen atoms in total. The molecule has 0 aliphatic carbocycles. The molecular weight excluding hydrogens is 196 g/mol. The van der Waals surface area contributed by atoms with E-state index >= 15 is 0 Å². The molecule has 0 radical (unpaired) electrons. The highest BCUT2D eigenvalue weighted by molar-refractivity contribution is 6.00. The third-order valence-electron chi connectivity index (χ3n) is 2.24. The van der Waals surface area contributed by atoms with Crippen LogP contribution in [0.2, 0.25) is 0 Å². The fraction of sp³-hybridized carbons (Fsp3) is 0.333. The van der Waals surface area contributed by atoms with Crippen molar-refractivity contribution in [3.63, 3.8) is 0 Å². The number of imide groups is 1. The fourth-order valence-corrected chi connectivity index (χ4v) is 1.47. The number of aromatic nitrogens is 2. The van der Waals surface area contributed by atoms with E-state index in [1.807, 2.05) is 0 Å². The van der Waals surface area contributed by atoms with Gasteiger partial charge in [-0.05, 0) is 6.42 Å². The summed E-state index contributed by atoms with van der Waals surface area (Å²) in [6.07, 6.45) is 3.68. The lowest BCUT2D eigenvalue weighted by molar-refractivity contribution is -0.134. The topological polar surface area (TPSA) is 98.0 Å². The third-order valence-corrected chi connectivity index (χ3v) is 2.24. The van der Waals surface area contributed by atoms with Gasteiger partial charge in [0.1, 0.15) is 5.82 Å². The molecule has 6 heteroatoms. The summed E-state index contributed by atoms with van der Waals surface area (Å²) >= 11 is 0. The minimum absolute atomic E-state index is 0.244. The number of amides is 2. The molecule has 1 aliphatic rings. The molecule has 78 valence electrons. The molecule has 2 rings (SSSR count). The molecule has 0 saturated carbocycles. The zero-order chi connectivity index (χ0) is 10.8. The number of carbonyl (C=O) groups excluding carboxylic acids is 2. The summed E-state index contributed by atoms with van der Waals surface area (Å²) in [5.74, 6) is -0.611. The molecule has 1 aliphatic heterocycles. The van der Waals surface area contributed by atoms with E-state index in [0.29, 0.717) is 24.4 Å². The largest absolute Gasteiger partial charge is 0.396 e. The van der Waals surface area contributed by atoms with E-state index in [0.717, 1.165) is 0 Å². The van der Waals surface area contributed by atoms with Crippen molar-refractivity contribution in [2.24, 2.45) is 0 Å². The SMILES string of the molecule is Nc1cnc(C2CCC(=O)NC2=O)nc1. The van der Waals surface area contributed by atoms with Gasteiger partial charge in [-0.15, -0.1) is 0 Å². The molecule has 1 unspecified atom stereocenters. The molecule has 2 heterocycles. The molecule has 1 fully saturated rings. The zero-order valence-corrected chi connectivity index (χ0v) is 7.93. The predicted octanol–water partition coefficient (Wildman–Crippen LogP) is -0.421. The lowest BCUT2D eigenvalue weighted by Crippen LogP contribution is -2.40. The Bertz CT molecular complexity index is 401. The standard InChI is InChI=1S/C9H10N4O2/c10-5-3-11-8(12-4-5)6-1-2-7(14)13-9(6)15/h3-4,6H,1-2,10H2,(H,13,14,15). The van der Waals surface area contributed by atoms with E-state index in [4.69, 9.17) is 5.73 Å². The summed E-state index contributed by atoms with van der Waals surface area (Å²) in [7, 11) is 0. The van der Waals surface area contributed by atoms with Crippen molar-refractivity contribution in [1.29, 1.82) is 0 Å². The predicted molar refractivity (Wildman–Crippen MR) is 51.6 cm³/mol. The van der Waals surface area contributed by atoms with Gasteiger partial charge in [0.25, 0.3) is 0 Å². The van der Waals surface area contributed by atoms with Gasteiger partial charge in [-0.1, -0.05) is 0 Å². The molecule has 1 atom stereocenters. The van der Waals surface area contributed by atoms with Crippen molar-refractivity contribution in [2.45, 2.75) is 18.8 Å². The first-order valence-electron chi connectivity index (χ1n) is 4.58. The van der Waals surface area contributed by atoms with Crippen LogP contribution in [0.15, 0.2) is 12.4 Å². The van der Waals surface area contributed by atoms with Crippen molar-refractivity contribution >= 4 is 17.5 Å². The Balaban J connectivity index is 2.20. The van der Waals surface area contributed by atoms with Gasteiger partial charge in [-0.3, -0.25) is 14.9 Å². The number of nitrogens with zero attached hydrogens (tertiary/aromatic N) is 2. The highest BCUT2D eigenvalue weighted by Crippen LogP contribution is 2.21. The Hall–Kier alpha value is -1.98. The Morgan fingerprint density at radius 2 is 2.00 bits per heavy atom. The summed E-state index contributed by atoms with van der Waals surface area (Å²) in [6, 6.07) is 0. The maximum absolute atomic E-state index is 11.4. The van der Waals surface area contributed by atoms with Gasteiger partial charge < -0.3 is 5.73 Å². The lowest BCUT2D eigenvalue weighted by Gasteiger charge is -2.19. The van der Waals surface area contributed by atoms with Crippen molar-refractivity contribution in [1.82, 2.24) is 15.3 Å². The molecule has 0 aromatic carbocycles. The second-order valence-electron chi connectivity index (χ2n) is 3.38. The third kappa shape index (κ3) is 1.93. The first kappa shape index (κ1) is 9.57. The molecule has 15 heavy (non-hydrogen) atoms. The van der Waals surface area contributed by atoms with Crippen LogP contribution in [0.3, 0.4) is 0 Å². The molecular formula is C9H10N4O2. The number of nitrogens with one attached hydrogen (secondary N) is 1. The number of anilines is 1. The van der Waals surface area contributed by atoms with Crippen LogP contribution in [0.25, 0.3) is 0 Å². The zero-order valence-electron chi connectivity index (χ0n) is 7.93. The maximum Gasteiger partial charge on any atom is 0.237 e. The molecule has 1 aromatic rings. The lowest BCUT2D eigenvalue weighted by atomic mass is 9.97. The Kier molecular flexibility index (Phi) is 2.32. The number of rotatable bonds is 1. The van der Waals surface area contributed by atoms with E-state index in [-0.39, 0.29) is 11.8 Å². The van der Waals surface area contributed by atoms with Crippen molar-refractivity contribution in [2.75, 3.05) is 5.73 Å². The van der Waals surface area contributed by atoms with E-state index < -0.39 is 5.92 Å². The second kappa shape index (κ2) is 3.64. The van der Waals surface area contributed by atoms with Gasteiger partial charge in [-0.2, -0.15) is 0 Å². The van der Waals surface area contributed by atoms with Gasteiger partial charge in [-0.25, -0.2) is 9.97 Å². The van der Waals surface area contributed by atoms with Crippen LogP contribution in [0.1, 0.15) is 24.6 Å². The van der Waals surface area contributed by atoms with Crippen LogP contribution in [0.5, 0.6) is 0 Å². The smallest absolute Gasteiger partial charge is 0.237 e. The van der Waals surface area contributed by atoms with Crippen LogP contribution < -0.4 is 11.1 Å². The molecule has 0 spiro atoms. The van der Waals surface area contributed by atoms with Crippen molar-refractivity contribution in [3.8, 4) is 0 Å². The van der Waals surface area contributed by atoms with Gasteiger partial charge in [0, 0.05) is 6.42 Å². The van der Waals surface area contributed by atoms with Gasteiger partial charge in [0.2, 0.25) is 11.8 Å². The number of nitrogens with two attached hydrogens (primary N) is 1. The molecule has 1 saturated heterocycles. The van der Waals surface area contributed by atoms with Crippen LogP contribution in [0.4, 0.5) is 5.69 Å². The van der Waals surface area contributed by atoms with E-state index in [1.54, 1.807) is 0 Å². The van der Waals surface area contributed by atoms with E-state index in [2.05, 4.69) is 15.3 Å². The maximum atomic E-state index is 11.4. The molecule has 3 N–H and O–H groups in total. The van der Waals surface area contributed by atoms with E-state index in [1.165, 1.54) is 12.4 Å². The number of nitrogen functional groups attached to an aromatic ring is 1.